The molecule has 0 saturated heterocycles. The summed E-state index contributed by atoms with van der Waals surface area (Å²) in [5, 5.41) is 4.94. The van der Waals surface area contributed by atoms with E-state index in [0.717, 1.165) is 27.3 Å². The molecule has 0 aliphatic rings. The van der Waals surface area contributed by atoms with Crippen LogP contribution in [0.5, 0.6) is 0 Å². The van der Waals surface area contributed by atoms with E-state index in [1.165, 1.54) is 11.8 Å². The van der Waals surface area contributed by atoms with Gasteiger partial charge in [-0.1, -0.05) is 27.5 Å². The molecule has 6 heteroatoms. The molecule has 0 amide bonds. The molecule has 112 valence electrons. The van der Waals surface area contributed by atoms with Crippen molar-refractivity contribution in [2.24, 2.45) is 0 Å². The van der Waals surface area contributed by atoms with Crippen LogP contribution < -0.4 is 0 Å². The average Bonchev–Trinajstić information content (AvgIpc) is 2.74. The lowest BCUT2D eigenvalue weighted by Gasteiger charge is -2.05. The number of benzene rings is 1. The van der Waals surface area contributed by atoms with Gasteiger partial charge in [-0.05, 0) is 38.1 Å². The molecule has 1 aromatic carbocycles. The Hall–Kier alpha value is -0.780. The van der Waals surface area contributed by atoms with Crippen LogP contribution >= 0.6 is 39.3 Å². The van der Waals surface area contributed by atoms with E-state index in [1.54, 1.807) is 4.68 Å². The second kappa shape index (κ2) is 7.47. The highest BCUT2D eigenvalue weighted by Crippen LogP contribution is 2.23. The highest BCUT2D eigenvalue weighted by Gasteiger charge is 2.16. The lowest BCUT2D eigenvalue weighted by atomic mass is 10.2. The Kier molecular flexibility index (Phi) is 5.90. The van der Waals surface area contributed by atoms with Crippen LogP contribution in [0.15, 0.2) is 33.6 Å². The fourth-order valence-corrected chi connectivity index (χ4v) is 3.20. The summed E-state index contributed by atoms with van der Waals surface area (Å²) in [4.78, 5) is 13.2. The van der Waals surface area contributed by atoms with Crippen LogP contribution in [0, 0.1) is 6.92 Å². The van der Waals surface area contributed by atoms with Crippen LogP contribution in [0.25, 0.3) is 0 Å². The largest absolute Gasteiger partial charge is 0.298 e. The number of ketones is 1. The molecule has 0 unspecified atom stereocenters. The summed E-state index contributed by atoms with van der Waals surface area (Å²) in [5.41, 5.74) is 1.60. The third-order valence-electron chi connectivity index (χ3n) is 3.03. The molecule has 0 aliphatic carbocycles. The first-order valence-electron chi connectivity index (χ1n) is 6.63. The van der Waals surface area contributed by atoms with Crippen molar-refractivity contribution in [3.05, 3.63) is 45.1 Å². The molecule has 1 aromatic heterocycles. The zero-order valence-electron chi connectivity index (χ0n) is 11.9. The molecule has 0 bridgehead atoms. The maximum atomic E-state index is 12.2. The van der Waals surface area contributed by atoms with Crippen molar-refractivity contribution in [1.29, 1.82) is 0 Å². The minimum Gasteiger partial charge on any atom is -0.298 e. The number of aryl methyl sites for hydroxylation is 2. The number of carbonyl (C=O) groups excluding carboxylic acids is 1. The maximum Gasteiger partial charge on any atom is 0.149 e. The van der Waals surface area contributed by atoms with Crippen LogP contribution in [0.2, 0.25) is 5.02 Å². The lowest BCUT2D eigenvalue weighted by molar-refractivity contribution is -0.116. The van der Waals surface area contributed by atoms with E-state index in [4.69, 9.17) is 11.6 Å². The summed E-state index contributed by atoms with van der Waals surface area (Å²) in [6.45, 7) is 4.57. The number of aromatic nitrogens is 2. The van der Waals surface area contributed by atoms with E-state index in [-0.39, 0.29) is 5.78 Å². The lowest BCUT2D eigenvalue weighted by Crippen LogP contribution is -2.11. The van der Waals surface area contributed by atoms with Crippen molar-refractivity contribution in [2.45, 2.75) is 31.7 Å². The second-order valence-electron chi connectivity index (χ2n) is 4.62. The van der Waals surface area contributed by atoms with Crippen molar-refractivity contribution in [1.82, 2.24) is 9.78 Å². The Bertz CT molecular complexity index is 640. The predicted molar refractivity (Wildman–Crippen MR) is 91.2 cm³/mol. The fraction of sp³-hybridized carbons (Fsp3) is 0.333. The van der Waals surface area contributed by atoms with E-state index in [2.05, 4.69) is 21.0 Å². The van der Waals surface area contributed by atoms with E-state index in [9.17, 15) is 4.79 Å². The average molecular weight is 388 g/mol. The van der Waals surface area contributed by atoms with Gasteiger partial charge in [0.05, 0.1) is 28.6 Å². The van der Waals surface area contributed by atoms with Crippen LogP contribution in [-0.2, 0) is 17.8 Å². The van der Waals surface area contributed by atoms with Gasteiger partial charge in [0.25, 0.3) is 0 Å². The van der Waals surface area contributed by atoms with Crippen molar-refractivity contribution in [3.63, 3.8) is 0 Å². The van der Waals surface area contributed by atoms with Crippen LogP contribution in [0.3, 0.4) is 0 Å². The summed E-state index contributed by atoms with van der Waals surface area (Å²) in [6, 6.07) is 7.93. The Morgan fingerprint density at radius 1 is 1.38 bits per heavy atom. The van der Waals surface area contributed by atoms with Crippen molar-refractivity contribution < 1.29 is 4.79 Å². The normalized spacial score (nSPS) is 10.9. The smallest absolute Gasteiger partial charge is 0.149 e. The number of nitrogens with zero attached hydrogens (tertiary/aromatic N) is 2. The van der Waals surface area contributed by atoms with E-state index < -0.39 is 0 Å². The van der Waals surface area contributed by atoms with E-state index in [0.29, 0.717) is 17.2 Å². The number of carbonyl (C=O) groups is 1. The quantitative estimate of drug-likeness (QED) is 0.683. The van der Waals surface area contributed by atoms with Gasteiger partial charge in [0.15, 0.2) is 0 Å². The molecular weight excluding hydrogens is 372 g/mol. The Labute approximate surface area is 142 Å². The molecule has 0 fully saturated rings. The van der Waals surface area contributed by atoms with Gasteiger partial charge in [0.1, 0.15) is 5.78 Å². The van der Waals surface area contributed by atoms with Crippen molar-refractivity contribution >= 4 is 45.1 Å². The molecule has 0 spiro atoms. The Morgan fingerprint density at radius 3 is 2.67 bits per heavy atom. The number of Topliss-reactive ketones (excluding diaryl/α,β-unsaturated/α-hetero) is 1. The monoisotopic (exact) mass is 386 g/mol. The van der Waals surface area contributed by atoms with Crippen molar-refractivity contribution in [3.8, 4) is 0 Å². The highest BCUT2D eigenvalue weighted by atomic mass is 79.9. The number of hydrogen-bond acceptors (Lipinski definition) is 3. The summed E-state index contributed by atoms with van der Waals surface area (Å²) in [7, 11) is 0. The van der Waals surface area contributed by atoms with Gasteiger partial charge in [-0.25, -0.2) is 0 Å². The number of halogens is 2. The molecule has 3 nitrogen and oxygen atoms in total. The second-order valence-corrected chi connectivity index (χ2v) is 6.96. The fourth-order valence-electron chi connectivity index (χ4n) is 1.97. The predicted octanol–water partition coefficient (Wildman–Crippen LogP) is 4.53. The summed E-state index contributed by atoms with van der Waals surface area (Å²) in [6.07, 6.45) is 0.330. The molecule has 21 heavy (non-hydrogen) atoms. The van der Waals surface area contributed by atoms with Crippen molar-refractivity contribution in [2.75, 3.05) is 5.75 Å². The molecule has 2 aromatic rings. The van der Waals surface area contributed by atoms with Gasteiger partial charge in [-0.3, -0.25) is 9.48 Å². The van der Waals surface area contributed by atoms with Gasteiger partial charge in [-0.15, -0.1) is 11.8 Å². The summed E-state index contributed by atoms with van der Waals surface area (Å²) >= 11 is 11.2. The number of thioether (sulfide) groups is 1. The molecule has 0 radical (unpaired) electrons. The van der Waals surface area contributed by atoms with Gasteiger partial charge >= 0.3 is 0 Å². The van der Waals surface area contributed by atoms with Gasteiger partial charge in [0.2, 0.25) is 0 Å². The SMILES string of the molecule is CCn1nc(C)c(Cl)c1CC(=O)CSc1ccc(Br)cc1. The molecule has 0 saturated carbocycles. The first-order valence-corrected chi connectivity index (χ1v) is 8.78. The third-order valence-corrected chi connectivity index (χ3v) is 5.12. The topological polar surface area (TPSA) is 34.9 Å². The first-order chi connectivity index (χ1) is 10.0. The molecular formula is C15H16BrClN2OS. The molecule has 1 heterocycles. The van der Waals surface area contributed by atoms with Gasteiger partial charge < -0.3 is 0 Å². The Morgan fingerprint density at radius 2 is 2.05 bits per heavy atom. The summed E-state index contributed by atoms with van der Waals surface area (Å²) in [5.74, 6) is 0.589. The summed E-state index contributed by atoms with van der Waals surface area (Å²) < 4.78 is 2.84. The van der Waals surface area contributed by atoms with E-state index in [1.807, 2.05) is 38.1 Å². The third kappa shape index (κ3) is 4.34. The number of rotatable bonds is 6. The first kappa shape index (κ1) is 16.6. The van der Waals surface area contributed by atoms with Gasteiger partial charge in [-0.2, -0.15) is 5.10 Å². The minimum atomic E-state index is 0.152. The standard InChI is InChI=1S/C15H16BrClN2OS/c1-3-19-14(15(17)10(2)18-19)8-12(20)9-21-13-6-4-11(16)5-7-13/h4-7H,3,8-9H2,1-2H3. The van der Waals surface area contributed by atoms with E-state index >= 15 is 0 Å². The van der Waals surface area contributed by atoms with Crippen LogP contribution in [-0.4, -0.2) is 21.3 Å². The van der Waals surface area contributed by atoms with Crippen LogP contribution in [0.1, 0.15) is 18.3 Å². The van der Waals surface area contributed by atoms with Crippen LogP contribution in [0.4, 0.5) is 0 Å². The zero-order chi connectivity index (χ0) is 15.4. The molecule has 0 aliphatic heterocycles. The maximum absolute atomic E-state index is 12.2. The molecule has 2 rings (SSSR count). The Balaban J connectivity index is 1.97. The zero-order valence-corrected chi connectivity index (χ0v) is 15.1. The molecule has 0 N–H and O–H groups in total. The van der Waals surface area contributed by atoms with Gasteiger partial charge in [0, 0.05) is 15.9 Å². The highest BCUT2D eigenvalue weighted by molar-refractivity contribution is 9.10. The number of hydrogen-bond donors (Lipinski definition) is 0. The minimum absolute atomic E-state index is 0.152. The molecule has 0 atom stereocenters.